The number of carbonyl (C=O) groups is 1. The molecule has 0 saturated carbocycles. The van der Waals surface area contributed by atoms with Crippen molar-refractivity contribution in [3.05, 3.63) is 54.5 Å². The summed E-state index contributed by atoms with van der Waals surface area (Å²) in [6.07, 6.45) is 7.63. The van der Waals surface area contributed by atoms with Crippen molar-refractivity contribution < 1.29 is 4.79 Å². The highest BCUT2D eigenvalue weighted by Gasteiger charge is 1.99. The quantitative estimate of drug-likeness (QED) is 0.559. The number of allylic oxidation sites excluding steroid dienone is 1. The lowest BCUT2D eigenvalue weighted by Crippen LogP contribution is -1.96. The van der Waals surface area contributed by atoms with Crippen molar-refractivity contribution in [2.24, 2.45) is 0 Å². The van der Waals surface area contributed by atoms with Gasteiger partial charge in [0, 0.05) is 18.1 Å². The van der Waals surface area contributed by atoms with E-state index in [2.05, 4.69) is 4.98 Å². The average Bonchev–Trinajstić information content (AvgIpc) is 2.75. The first kappa shape index (κ1) is 9.40. The van der Waals surface area contributed by atoms with Crippen molar-refractivity contribution in [3.8, 4) is 5.82 Å². The van der Waals surface area contributed by atoms with Crippen LogP contribution in [0, 0.1) is 0 Å². The van der Waals surface area contributed by atoms with E-state index in [1.807, 2.05) is 41.1 Å². The van der Waals surface area contributed by atoms with Gasteiger partial charge in [-0.05, 0) is 36.4 Å². The van der Waals surface area contributed by atoms with Gasteiger partial charge in [-0.15, -0.1) is 0 Å². The zero-order valence-electron chi connectivity index (χ0n) is 8.08. The molecule has 0 saturated heterocycles. The summed E-state index contributed by atoms with van der Waals surface area (Å²) in [6, 6.07) is 9.55. The standard InChI is InChI=1S/C12H10N2O/c15-10-4-6-11-5-3-9-14(11)12-7-1-2-8-13-12/h1-10H/b6-4+. The molecule has 0 amide bonds. The Balaban J connectivity index is 2.41. The average molecular weight is 198 g/mol. The molecule has 0 atom stereocenters. The fourth-order valence-electron chi connectivity index (χ4n) is 1.37. The summed E-state index contributed by atoms with van der Waals surface area (Å²) in [4.78, 5) is 14.5. The van der Waals surface area contributed by atoms with Crippen LogP contribution in [0.5, 0.6) is 0 Å². The van der Waals surface area contributed by atoms with E-state index in [1.54, 1.807) is 12.3 Å². The number of hydrogen-bond donors (Lipinski definition) is 0. The van der Waals surface area contributed by atoms with E-state index in [0.717, 1.165) is 17.8 Å². The van der Waals surface area contributed by atoms with Gasteiger partial charge in [0.15, 0.2) is 0 Å². The van der Waals surface area contributed by atoms with E-state index in [0.29, 0.717) is 0 Å². The minimum Gasteiger partial charge on any atom is -0.302 e. The normalized spacial score (nSPS) is 10.7. The first-order chi connectivity index (χ1) is 7.42. The molecule has 0 spiro atoms. The van der Waals surface area contributed by atoms with E-state index in [9.17, 15) is 4.79 Å². The molecule has 0 aliphatic heterocycles. The fraction of sp³-hybridized carbons (Fsp3) is 0. The lowest BCUT2D eigenvalue weighted by atomic mass is 10.3. The van der Waals surface area contributed by atoms with Gasteiger partial charge in [-0.2, -0.15) is 0 Å². The largest absolute Gasteiger partial charge is 0.302 e. The Hall–Kier alpha value is -2.16. The maximum atomic E-state index is 10.2. The van der Waals surface area contributed by atoms with Gasteiger partial charge in [-0.25, -0.2) is 4.98 Å². The summed E-state index contributed by atoms with van der Waals surface area (Å²) in [5.41, 5.74) is 0.931. The van der Waals surface area contributed by atoms with Gasteiger partial charge < -0.3 is 4.57 Å². The molecule has 0 bridgehead atoms. The molecule has 2 aromatic heterocycles. The smallest absolute Gasteiger partial charge is 0.142 e. The van der Waals surface area contributed by atoms with Crippen molar-refractivity contribution >= 4 is 12.4 Å². The molecule has 0 aromatic carbocycles. The molecular weight excluding hydrogens is 188 g/mol. The van der Waals surface area contributed by atoms with Gasteiger partial charge in [-0.1, -0.05) is 6.07 Å². The second-order valence-corrected chi connectivity index (χ2v) is 2.99. The SMILES string of the molecule is O=C/C=C/c1cccn1-c1ccccn1. The van der Waals surface area contributed by atoms with E-state index in [1.165, 1.54) is 6.08 Å². The third kappa shape index (κ3) is 2.02. The first-order valence-corrected chi connectivity index (χ1v) is 4.62. The van der Waals surface area contributed by atoms with Crippen LogP contribution in [0.2, 0.25) is 0 Å². The molecule has 0 aliphatic rings. The third-order valence-electron chi connectivity index (χ3n) is 2.02. The van der Waals surface area contributed by atoms with Crippen LogP contribution in [-0.4, -0.2) is 15.8 Å². The summed E-state index contributed by atoms with van der Waals surface area (Å²) in [5.74, 6) is 0.841. The predicted molar refractivity (Wildman–Crippen MR) is 58.7 cm³/mol. The maximum Gasteiger partial charge on any atom is 0.142 e. The monoisotopic (exact) mass is 198 g/mol. The van der Waals surface area contributed by atoms with Crippen LogP contribution in [0.15, 0.2) is 48.8 Å². The molecule has 2 aromatic rings. The summed E-state index contributed by atoms with van der Waals surface area (Å²) in [7, 11) is 0. The summed E-state index contributed by atoms with van der Waals surface area (Å²) in [6.45, 7) is 0. The minimum atomic E-state index is 0.760. The predicted octanol–water partition coefficient (Wildman–Crippen LogP) is 2.08. The minimum absolute atomic E-state index is 0.760. The zero-order valence-corrected chi connectivity index (χ0v) is 8.08. The first-order valence-electron chi connectivity index (χ1n) is 4.62. The van der Waals surface area contributed by atoms with E-state index in [-0.39, 0.29) is 0 Å². The van der Waals surface area contributed by atoms with E-state index in [4.69, 9.17) is 0 Å². The van der Waals surface area contributed by atoms with Crippen molar-refractivity contribution in [1.29, 1.82) is 0 Å². The fourth-order valence-corrected chi connectivity index (χ4v) is 1.37. The number of hydrogen-bond acceptors (Lipinski definition) is 2. The van der Waals surface area contributed by atoms with Gasteiger partial charge in [0.25, 0.3) is 0 Å². The number of carbonyl (C=O) groups excluding carboxylic acids is 1. The van der Waals surface area contributed by atoms with Gasteiger partial charge in [0.1, 0.15) is 12.1 Å². The van der Waals surface area contributed by atoms with Crippen LogP contribution >= 0.6 is 0 Å². The molecule has 2 heterocycles. The molecule has 0 fully saturated rings. The molecule has 0 N–H and O–H groups in total. The Morgan fingerprint density at radius 2 is 2.13 bits per heavy atom. The Labute approximate surface area is 87.7 Å². The molecule has 0 radical (unpaired) electrons. The number of aldehydes is 1. The summed E-state index contributed by atoms with van der Waals surface area (Å²) >= 11 is 0. The number of rotatable bonds is 3. The van der Waals surface area contributed by atoms with Crippen LogP contribution in [0.1, 0.15) is 5.69 Å². The number of pyridine rings is 1. The van der Waals surface area contributed by atoms with Gasteiger partial charge >= 0.3 is 0 Å². The number of aromatic nitrogens is 2. The van der Waals surface area contributed by atoms with E-state index >= 15 is 0 Å². The van der Waals surface area contributed by atoms with Crippen molar-refractivity contribution in [3.63, 3.8) is 0 Å². The lowest BCUT2D eigenvalue weighted by molar-refractivity contribution is -0.104. The molecule has 74 valence electrons. The Morgan fingerprint density at radius 1 is 1.20 bits per heavy atom. The van der Waals surface area contributed by atoms with Gasteiger partial charge in [0.05, 0.1) is 0 Å². The summed E-state index contributed by atoms with van der Waals surface area (Å²) in [5, 5.41) is 0. The highest BCUT2D eigenvalue weighted by atomic mass is 16.1. The van der Waals surface area contributed by atoms with Crippen LogP contribution in [0.3, 0.4) is 0 Å². The Kier molecular flexibility index (Phi) is 2.74. The third-order valence-corrected chi connectivity index (χ3v) is 2.02. The Morgan fingerprint density at radius 3 is 2.87 bits per heavy atom. The van der Waals surface area contributed by atoms with Crippen LogP contribution in [0.25, 0.3) is 11.9 Å². The van der Waals surface area contributed by atoms with Gasteiger partial charge in [0.2, 0.25) is 0 Å². The molecule has 0 unspecified atom stereocenters. The van der Waals surface area contributed by atoms with Gasteiger partial charge in [-0.3, -0.25) is 4.79 Å². The maximum absolute atomic E-state index is 10.2. The lowest BCUT2D eigenvalue weighted by Gasteiger charge is -2.03. The molecule has 15 heavy (non-hydrogen) atoms. The van der Waals surface area contributed by atoms with Crippen molar-refractivity contribution in [1.82, 2.24) is 9.55 Å². The molecule has 3 heteroatoms. The highest BCUT2D eigenvalue weighted by Crippen LogP contribution is 2.10. The summed E-state index contributed by atoms with van der Waals surface area (Å²) < 4.78 is 1.92. The molecule has 0 aliphatic carbocycles. The number of nitrogens with zero attached hydrogens (tertiary/aromatic N) is 2. The van der Waals surface area contributed by atoms with Crippen LogP contribution < -0.4 is 0 Å². The van der Waals surface area contributed by atoms with Crippen molar-refractivity contribution in [2.45, 2.75) is 0 Å². The van der Waals surface area contributed by atoms with Crippen LogP contribution in [-0.2, 0) is 4.79 Å². The zero-order chi connectivity index (χ0) is 10.5. The Bertz CT molecular complexity index is 471. The van der Waals surface area contributed by atoms with Crippen molar-refractivity contribution in [2.75, 3.05) is 0 Å². The highest BCUT2D eigenvalue weighted by molar-refractivity contribution is 5.73. The molecule has 3 nitrogen and oxygen atoms in total. The topological polar surface area (TPSA) is 34.9 Å². The van der Waals surface area contributed by atoms with Crippen LogP contribution in [0.4, 0.5) is 0 Å². The van der Waals surface area contributed by atoms with E-state index < -0.39 is 0 Å². The second kappa shape index (κ2) is 4.37. The molecular formula is C12H10N2O. The molecule has 2 rings (SSSR count). The second-order valence-electron chi connectivity index (χ2n) is 2.99.